The Morgan fingerprint density at radius 2 is 1.93 bits per heavy atom. The van der Waals surface area contributed by atoms with Crippen molar-refractivity contribution in [2.24, 2.45) is 5.41 Å². The molecule has 1 aromatic rings. The van der Waals surface area contributed by atoms with Crippen LogP contribution in [0.1, 0.15) is 31.1 Å². The zero-order valence-electron chi connectivity index (χ0n) is 8.92. The Kier molecular flexibility index (Phi) is 3.28. The van der Waals surface area contributed by atoms with Crippen molar-refractivity contribution in [1.82, 2.24) is 5.32 Å². The molecule has 0 bridgehead atoms. The minimum atomic E-state index is -0.0195. The van der Waals surface area contributed by atoms with Crippen molar-refractivity contribution in [2.75, 3.05) is 6.54 Å². The van der Waals surface area contributed by atoms with E-state index in [1.54, 1.807) is 24.3 Å². The van der Waals surface area contributed by atoms with Crippen molar-refractivity contribution in [3.8, 4) is 0 Å². The number of benzene rings is 1. The molecule has 0 spiro atoms. The van der Waals surface area contributed by atoms with E-state index in [0.29, 0.717) is 12.1 Å². The Bertz CT molecular complexity index is 298. The summed E-state index contributed by atoms with van der Waals surface area (Å²) in [5.74, 6) is -0.0195. The van der Waals surface area contributed by atoms with E-state index >= 15 is 0 Å². The first-order chi connectivity index (χ1) is 6.49. The smallest absolute Gasteiger partial charge is 0.251 e. The third-order valence-electron chi connectivity index (χ3n) is 1.76. The first-order valence-electron chi connectivity index (χ1n) is 4.73. The molecular weight excluding hydrogens is 174 g/mol. The third kappa shape index (κ3) is 3.60. The number of rotatable bonds is 2. The fourth-order valence-corrected chi connectivity index (χ4v) is 0.986. The molecule has 0 unspecified atom stereocenters. The normalized spacial score (nSPS) is 11.1. The highest BCUT2D eigenvalue weighted by Gasteiger charge is 2.12. The van der Waals surface area contributed by atoms with Crippen LogP contribution in [-0.4, -0.2) is 12.5 Å². The summed E-state index contributed by atoms with van der Waals surface area (Å²) in [7, 11) is 0. The van der Waals surface area contributed by atoms with Crippen molar-refractivity contribution in [2.45, 2.75) is 20.8 Å². The molecule has 0 saturated heterocycles. The maximum Gasteiger partial charge on any atom is 0.251 e. The lowest BCUT2D eigenvalue weighted by molar-refractivity contribution is 0.0939. The second kappa shape index (κ2) is 4.27. The summed E-state index contributed by atoms with van der Waals surface area (Å²) >= 11 is 0. The number of hydrogen-bond donors (Lipinski definition) is 1. The van der Waals surface area contributed by atoms with Crippen LogP contribution in [0, 0.1) is 11.5 Å². The molecule has 0 aliphatic heterocycles. The van der Waals surface area contributed by atoms with E-state index in [2.05, 4.69) is 32.2 Å². The summed E-state index contributed by atoms with van der Waals surface area (Å²) in [4.78, 5) is 11.6. The lowest BCUT2D eigenvalue weighted by Crippen LogP contribution is -2.32. The van der Waals surface area contributed by atoms with Gasteiger partial charge >= 0.3 is 0 Å². The molecular formula is C12H16NO. The van der Waals surface area contributed by atoms with Gasteiger partial charge in [-0.1, -0.05) is 32.9 Å². The van der Waals surface area contributed by atoms with E-state index in [-0.39, 0.29) is 11.3 Å². The monoisotopic (exact) mass is 190 g/mol. The van der Waals surface area contributed by atoms with Crippen LogP contribution in [0.3, 0.4) is 0 Å². The SMILES string of the molecule is CC(C)(C)CNC(=O)c1cc[c]cc1. The summed E-state index contributed by atoms with van der Waals surface area (Å²) < 4.78 is 0. The maximum absolute atomic E-state index is 11.6. The van der Waals surface area contributed by atoms with E-state index < -0.39 is 0 Å². The van der Waals surface area contributed by atoms with Gasteiger partial charge in [-0.3, -0.25) is 4.79 Å². The summed E-state index contributed by atoms with van der Waals surface area (Å²) in [6, 6.07) is 9.89. The fourth-order valence-electron chi connectivity index (χ4n) is 0.986. The van der Waals surface area contributed by atoms with Crippen LogP contribution in [0.5, 0.6) is 0 Å². The van der Waals surface area contributed by atoms with Gasteiger partial charge in [0.2, 0.25) is 0 Å². The van der Waals surface area contributed by atoms with Gasteiger partial charge < -0.3 is 5.32 Å². The molecule has 1 amide bonds. The molecule has 1 aromatic carbocycles. The van der Waals surface area contributed by atoms with Crippen LogP contribution in [0.15, 0.2) is 24.3 Å². The minimum Gasteiger partial charge on any atom is -0.352 e. The lowest BCUT2D eigenvalue weighted by atomic mass is 9.97. The Labute approximate surface area is 85.3 Å². The van der Waals surface area contributed by atoms with E-state index in [1.807, 2.05) is 0 Å². The summed E-state index contributed by atoms with van der Waals surface area (Å²) in [5.41, 5.74) is 0.810. The molecule has 0 saturated carbocycles. The lowest BCUT2D eigenvalue weighted by Gasteiger charge is -2.18. The van der Waals surface area contributed by atoms with Crippen LogP contribution in [0.25, 0.3) is 0 Å². The Morgan fingerprint density at radius 1 is 1.36 bits per heavy atom. The van der Waals surface area contributed by atoms with Crippen molar-refractivity contribution >= 4 is 5.91 Å². The van der Waals surface area contributed by atoms with Gasteiger partial charge in [0.15, 0.2) is 0 Å². The van der Waals surface area contributed by atoms with Crippen molar-refractivity contribution in [3.63, 3.8) is 0 Å². The van der Waals surface area contributed by atoms with Crippen molar-refractivity contribution < 1.29 is 4.79 Å². The molecule has 2 heteroatoms. The predicted octanol–water partition coefficient (Wildman–Crippen LogP) is 2.26. The number of nitrogens with one attached hydrogen (secondary N) is 1. The zero-order chi connectivity index (χ0) is 10.6. The first-order valence-corrected chi connectivity index (χ1v) is 4.73. The van der Waals surface area contributed by atoms with Crippen molar-refractivity contribution in [1.29, 1.82) is 0 Å². The molecule has 75 valence electrons. The first kappa shape index (κ1) is 10.8. The molecule has 1 radical (unpaired) electrons. The number of hydrogen-bond acceptors (Lipinski definition) is 1. The van der Waals surface area contributed by atoms with Gasteiger partial charge in [-0.2, -0.15) is 0 Å². The summed E-state index contributed by atoms with van der Waals surface area (Å²) in [5, 5.41) is 2.89. The summed E-state index contributed by atoms with van der Waals surface area (Å²) in [6.07, 6.45) is 0. The molecule has 0 aliphatic rings. The van der Waals surface area contributed by atoms with Crippen molar-refractivity contribution in [3.05, 3.63) is 35.9 Å². The van der Waals surface area contributed by atoms with Gasteiger partial charge in [0.25, 0.3) is 5.91 Å². The van der Waals surface area contributed by atoms with Gasteiger partial charge in [0, 0.05) is 12.1 Å². The van der Waals surface area contributed by atoms with Gasteiger partial charge in [-0.05, 0) is 23.6 Å². The van der Waals surface area contributed by atoms with Gasteiger partial charge in [-0.15, -0.1) is 0 Å². The highest BCUT2D eigenvalue weighted by atomic mass is 16.1. The average molecular weight is 190 g/mol. The van der Waals surface area contributed by atoms with Crippen LogP contribution < -0.4 is 5.32 Å². The highest BCUT2D eigenvalue weighted by Crippen LogP contribution is 2.10. The molecule has 0 aliphatic carbocycles. The van der Waals surface area contributed by atoms with Crippen LogP contribution >= 0.6 is 0 Å². The molecule has 0 fully saturated rings. The van der Waals surface area contributed by atoms with Gasteiger partial charge in [0.1, 0.15) is 0 Å². The minimum absolute atomic E-state index is 0.0195. The average Bonchev–Trinajstić information content (AvgIpc) is 2.14. The van der Waals surface area contributed by atoms with E-state index in [0.717, 1.165) is 0 Å². The predicted molar refractivity (Wildman–Crippen MR) is 57.1 cm³/mol. The van der Waals surface area contributed by atoms with Gasteiger partial charge in [-0.25, -0.2) is 0 Å². The molecule has 1 N–H and O–H groups in total. The second-order valence-electron chi connectivity index (χ2n) is 4.53. The maximum atomic E-state index is 11.6. The van der Waals surface area contributed by atoms with Crippen LogP contribution in [-0.2, 0) is 0 Å². The van der Waals surface area contributed by atoms with Crippen LogP contribution in [0.4, 0.5) is 0 Å². The van der Waals surface area contributed by atoms with Crippen LogP contribution in [0.2, 0.25) is 0 Å². The quantitative estimate of drug-likeness (QED) is 0.761. The second-order valence-corrected chi connectivity index (χ2v) is 4.53. The van der Waals surface area contributed by atoms with E-state index in [9.17, 15) is 4.79 Å². The number of carbonyl (C=O) groups is 1. The Balaban J connectivity index is 2.52. The molecule has 0 heterocycles. The van der Waals surface area contributed by atoms with E-state index in [4.69, 9.17) is 0 Å². The van der Waals surface area contributed by atoms with Gasteiger partial charge in [0.05, 0.1) is 0 Å². The Morgan fingerprint density at radius 3 is 2.43 bits per heavy atom. The topological polar surface area (TPSA) is 29.1 Å². The molecule has 0 atom stereocenters. The molecule has 1 rings (SSSR count). The fraction of sp³-hybridized carbons (Fsp3) is 0.417. The molecule has 0 aromatic heterocycles. The molecule has 14 heavy (non-hydrogen) atoms. The highest BCUT2D eigenvalue weighted by molar-refractivity contribution is 5.94. The Hall–Kier alpha value is -1.31. The number of amides is 1. The zero-order valence-corrected chi connectivity index (χ0v) is 8.92. The summed E-state index contributed by atoms with van der Waals surface area (Å²) in [6.45, 7) is 6.95. The number of carbonyl (C=O) groups excluding carboxylic acids is 1. The third-order valence-corrected chi connectivity index (χ3v) is 1.76. The molecule has 2 nitrogen and oxygen atoms in total. The largest absolute Gasteiger partial charge is 0.352 e. The standard InChI is InChI=1S/C12H16NO/c1-12(2,3)9-13-11(14)10-7-5-4-6-8-10/h5-8H,9H2,1-3H3,(H,13,14). The van der Waals surface area contributed by atoms with E-state index in [1.165, 1.54) is 0 Å².